The van der Waals surface area contributed by atoms with Gasteiger partial charge in [0.05, 0.1) is 12.7 Å². The van der Waals surface area contributed by atoms with Crippen molar-refractivity contribution in [3.8, 4) is 0 Å². The summed E-state index contributed by atoms with van der Waals surface area (Å²) in [4.78, 5) is 18.0. The third-order valence-corrected chi connectivity index (χ3v) is 3.38. The number of morpholine rings is 1. The van der Waals surface area contributed by atoms with Crippen LogP contribution in [-0.4, -0.2) is 82.1 Å². The minimum atomic E-state index is -0.469. The van der Waals surface area contributed by atoms with Crippen molar-refractivity contribution >= 4 is 36.0 Å². The lowest BCUT2D eigenvalue weighted by Gasteiger charge is -2.30. The van der Waals surface area contributed by atoms with Crippen LogP contribution in [-0.2, 0) is 9.47 Å². The molecule has 0 aliphatic carbocycles. The minimum absolute atomic E-state index is 0. The molecular formula is C16H34IN5O3. The van der Waals surface area contributed by atoms with E-state index in [0.717, 1.165) is 38.6 Å². The highest BCUT2D eigenvalue weighted by molar-refractivity contribution is 14.0. The maximum absolute atomic E-state index is 11.5. The molecular weight excluding hydrogens is 437 g/mol. The molecule has 1 saturated heterocycles. The molecule has 8 nitrogen and oxygen atoms in total. The predicted octanol–water partition coefficient (Wildman–Crippen LogP) is 1.01. The van der Waals surface area contributed by atoms with Crippen molar-refractivity contribution in [2.75, 3.05) is 53.4 Å². The average Bonchev–Trinajstić information content (AvgIpc) is 2.48. The molecule has 1 unspecified atom stereocenters. The maximum Gasteiger partial charge on any atom is 0.407 e. The standard InChI is InChI=1S/C16H33N5O3.HI/c1-16(2,3)24-15(22)19-8-6-7-18-14(17-4)20-11-13-12-21(5)9-10-23-13;/h13H,6-12H2,1-5H3,(H,19,22)(H2,17,18,20);1H. The van der Waals surface area contributed by atoms with Crippen LogP contribution < -0.4 is 16.0 Å². The van der Waals surface area contributed by atoms with Crippen molar-refractivity contribution in [1.82, 2.24) is 20.9 Å². The molecule has 0 aromatic heterocycles. The van der Waals surface area contributed by atoms with Crippen molar-refractivity contribution in [2.24, 2.45) is 4.99 Å². The molecule has 1 aliphatic rings. The number of carbonyl (C=O) groups is 1. The lowest BCUT2D eigenvalue weighted by molar-refractivity contribution is -0.0161. The first-order valence-corrected chi connectivity index (χ1v) is 8.51. The second-order valence-electron chi connectivity index (χ2n) is 6.92. The van der Waals surface area contributed by atoms with Crippen LogP contribution in [0.3, 0.4) is 0 Å². The molecule has 0 bridgehead atoms. The van der Waals surface area contributed by atoms with E-state index in [4.69, 9.17) is 9.47 Å². The summed E-state index contributed by atoms with van der Waals surface area (Å²) in [6.07, 6.45) is 0.572. The number of hydrogen-bond donors (Lipinski definition) is 3. The molecule has 25 heavy (non-hydrogen) atoms. The number of ether oxygens (including phenoxy) is 2. The molecule has 0 spiro atoms. The SMILES string of the molecule is CN=C(NCCCNC(=O)OC(C)(C)C)NCC1CN(C)CCO1.I. The summed E-state index contributed by atoms with van der Waals surface area (Å²) in [6.45, 7) is 10.2. The molecule has 3 N–H and O–H groups in total. The van der Waals surface area contributed by atoms with E-state index in [0.29, 0.717) is 13.1 Å². The van der Waals surface area contributed by atoms with Crippen molar-refractivity contribution in [3.05, 3.63) is 0 Å². The molecule has 1 amide bonds. The van der Waals surface area contributed by atoms with Crippen molar-refractivity contribution in [1.29, 1.82) is 0 Å². The Morgan fingerprint density at radius 1 is 1.28 bits per heavy atom. The van der Waals surface area contributed by atoms with Crippen LogP contribution in [0.5, 0.6) is 0 Å². The van der Waals surface area contributed by atoms with Gasteiger partial charge in [-0.1, -0.05) is 0 Å². The Hall–Kier alpha value is -0.810. The van der Waals surface area contributed by atoms with Crippen LogP contribution in [0.1, 0.15) is 27.2 Å². The molecule has 9 heteroatoms. The smallest absolute Gasteiger partial charge is 0.407 e. The summed E-state index contributed by atoms with van der Waals surface area (Å²) in [7, 11) is 3.84. The zero-order valence-corrected chi connectivity index (χ0v) is 18.4. The Morgan fingerprint density at radius 3 is 2.56 bits per heavy atom. The van der Waals surface area contributed by atoms with Crippen LogP contribution in [0.25, 0.3) is 0 Å². The predicted molar refractivity (Wildman–Crippen MR) is 111 cm³/mol. The number of carbonyl (C=O) groups excluding carboxylic acids is 1. The number of nitrogens with zero attached hydrogens (tertiary/aromatic N) is 2. The van der Waals surface area contributed by atoms with Crippen molar-refractivity contribution < 1.29 is 14.3 Å². The quantitative estimate of drug-likeness (QED) is 0.232. The van der Waals surface area contributed by atoms with E-state index >= 15 is 0 Å². The highest BCUT2D eigenvalue weighted by Crippen LogP contribution is 2.06. The van der Waals surface area contributed by atoms with Crippen LogP contribution in [0.15, 0.2) is 4.99 Å². The second-order valence-corrected chi connectivity index (χ2v) is 6.92. The third-order valence-electron chi connectivity index (χ3n) is 3.38. The summed E-state index contributed by atoms with van der Waals surface area (Å²) >= 11 is 0. The molecule has 1 rings (SSSR count). The number of hydrogen-bond acceptors (Lipinski definition) is 5. The molecule has 0 saturated carbocycles. The van der Waals surface area contributed by atoms with E-state index in [2.05, 4.69) is 32.9 Å². The minimum Gasteiger partial charge on any atom is -0.444 e. The van der Waals surface area contributed by atoms with E-state index in [-0.39, 0.29) is 36.2 Å². The number of likely N-dealkylation sites (N-methyl/N-ethyl adjacent to an activating group) is 1. The van der Waals surface area contributed by atoms with Gasteiger partial charge in [-0.05, 0) is 34.2 Å². The molecule has 1 aliphatic heterocycles. The second kappa shape index (κ2) is 12.5. The Labute approximate surface area is 168 Å². The van der Waals surface area contributed by atoms with Gasteiger partial charge in [0.2, 0.25) is 0 Å². The third kappa shape index (κ3) is 12.2. The number of rotatable bonds is 6. The molecule has 0 aromatic carbocycles. The summed E-state index contributed by atoms with van der Waals surface area (Å²) in [5.74, 6) is 0.740. The van der Waals surface area contributed by atoms with Gasteiger partial charge in [-0.15, -0.1) is 24.0 Å². The fourth-order valence-electron chi connectivity index (χ4n) is 2.22. The highest BCUT2D eigenvalue weighted by Gasteiger charge is 2.18. The first-order chi connectivity index (χ1) is 11.3. The van der Waals surface area contributed by atoms with Gasteiger partial charge in [0.25, 0.3) is 0 Å². The van der Waals surface area contributed by atoms with E-state index in [1.54, 1.807) is 7.05 Å². The fourth-order valence-corrected chi connectivity index (χ4v) is 2.22. The van der Waals surface area contributed by atoms with Crippen LogP contribution >= 0.6 is 24.0 Å². The van der Waals surface area contributed by atoms with Gasteiger partial charge in [-0.3, -0.25) is 4.99 Å². The van der Waals surface area contributed by atoms with Crippen LogP contribution in [0.2, 0.25) is 0 Å². The van der Waals surface area contributed by atoms with Crippen molar-refractivity contribution in [3.63, 3.8) is 0 Å². The lowest BCUT2D eigenvalue weighted by Crippen LogP contribution is -2.48. The summed E-state index contributed by atoms with van der Waals surface area (Å²) in [5.41, 5.74) is -0.469. The Morgan fingerprint density at radius 2 is 1.96 bits per heavy atom. The molecule has 1 atom stereocenters. The molecule has 1 heterocycles. The molecule has 0 aromatic rings. The highest BCUT2D eigenvalue weighted by atomic mass is 127. The molecule has 1 fully saturated rings. The van der Waals surface area contributed by atoms with E-state index in [9.17, 15) is 4.79 Å². The zero-order valence-electron chi connectivity index (χ0n) is 16.1. The topological polar surface area (TPSA) is 87.2 Å². The number of nitrogens with one attached hydrogen (secondary N) is 3. The van der Waals surface area contributed by atoms with Gasteiger partial charge in [-0.25, -0.2) is 4.79 Å². The number of halogens is 1. The maximum atomic E-state index is 11.5. The van der Waals surface area contributed by atoms with Crippen molar-refractivity contribution in [2.45, 2.75) is 38.9 Å². The Kier molecular flexibility index (Phi) is 12.1. The Balaban J connectivity index is 0.00000576. The zero-order chi connectivity index (χ0) is 18.0. The van der Waals surface area contributed by atoms with Crippen LogP contribution in [0, 0.1) is 0 Å². The number of amides is 1. The van der Waals surface area contributed by atoms with Gasteiger partial charge < -0.3 is 30.3 Å². The van der Waals surface area contributed by atoms with Gasteiger partial charge in [-0.2, -0.15) is 0 Å². The number of guanidine groups is 1. The first-order valence-electron chi connectivity index (χ1n) is 8.51. The van der Waals surface area contributed by atoms with E-state index < -0.39 is 5.60 Å². The Bertz CT molecular complexity index is 415. The number of aliphatic imine (C=N–C) groups is 1. The molecule has 0 radical (unpaired) electrons. The normalized spacial score (nSPS) is 18.9. The largest absolute Gasteiger partial charge is 0.444 e. The van der Waals surface area contributed by atoms with Gasteiger partial charge in [0, 0.05) is 39.8 Å². The fraction of sp³-hybridized carbons (Fsp3) is 0.875. The monoisotopic (exact) mass is 471 g/mol. The van der Waals surface area contributed by atoms with Crippen LogP contribution in [0.4, 0.5) is 4.79 Å². The first kappa shape index (κ1) is 24.2. The van der Waals surface area contributed by atoms with Gasteiger partial charge >= 0.3 is 6.09 Å². The number of alkyl carbamates (subject to hydrolysis) is 1. The van der Waals surface area contributed by atoms with E-state index in [1.807, 2.05) is 20.8 Å². The van der Waals surface area contributed by atoms with E-state index in [1.165, 1.54) is 0 Å². The summed E-state index contributed by atoms with van der Waals surface area (Å²) in [5, 5.41) is 9.22. The lowest BCUT2D eigenvalue weighted by atomic mass is 10.2. The van der Waals surface area contributed by atoms with Gasteiger partial charge in [0.1, 0.15) is 5.60 Å². The van der Waals surface area contributed by atoms with Gasteiger partial charge in [0.15, 0.2) is 5.96 Å². The summed E-state index contributed by atoms with van der Waals surface area (Å²) < 4.78 is 10.9. The summed E-state index contributed by atoms with van der Waals surface area (Å²) in [6, 6.07) is 0. The average molecular weight is 471 g/mol. The molecule has 148 valence electrons.